The minimum Gasteiger partial charge on any atom is -0.405 e. The van der Waals surface area contributed by atoms with Crippen molar-refractivity contribution in [2.45, 2.75) is 38.6 Å². The molecule has 1 saturated heterocycles. The average Bonchev–Trinajstić information content (AvgIpc) is 3.11. The Morgan fingerprint density at radius 3 is 2.73 bits per heavy atom. The summed E-state index contributed by atoms with van der Waals surface area (Å²) >= 11 is 0. The monoisotopic (exact) mass is 422 g/mol. The standard InChI is InChI=1S/C19H21F3N6O2/c1-2-11-7-14-15(8-16(11)30-19(20,21)22)28(10-25-14)18-24-9-13(23)17(27-18)26-12-3-5-29-6-4-12/h7-10,12H,2-6,23H2,1H3,(H,24,26,27). The van der Waals surface area contributed by atoms with Gasteiger partial charge in [-0.3, -0.25) is 4.57 Å². The van der Waals surface area contributed by atoms with Crippen LogP contribution < -0.4 is 15.8 Å². The molecule has 0 spiro atoms. The van der Waals surface area contributed by atoms with Gasteiger partial charge in [-0.25, -0.2) is 9.97 Å². The highest BCUT2D eigenvalue weighted by Crippen LogP contribution is 2.32. The van der Waals surface area contributed by atoms with Gasteiger partial charge >= 0.3 is 6.36 Å². The smallest absolute Gasteiger partial charge is 0.405 e. The number of benzene rings is 1. The summed E-state index contributed by atoms with van der Waals surface area (Å²) in [7, 11) is 0. The molecule has 4 rings (SSSR count). The minimum absolute atomic E-state index is 0.169. The van der Waals surface area contributed by atoms with Gasteiger partial charge in [0.25, 0.3) is 0 Å². The Hall–Kier alpha value is -3.08. The summed E-state index contributed by atoms with van der Waals surface area (Å²) in [6, 6.07) is 3.05. The Bertz CT molecular complexity index is 1050. The summed E-state index contributed by atoms with van der Waals surface area (Å²) in [6.07, 6.45) is 0.150. The number of halogens is 3. The van der Waals surface area contributed by atoms with E-state index in [0.29, 0.717) is 47.7 Å². The van der Waals surface area contributed by atoms with Crippen molar-refractivity contribution in [3.05, 3.63) is 30.2 Å². The zero-order chi connectivity index (χ0) is 21.3. The maximum Gasteiger partial charge on any atom is 0.573 e. The molecule has 0 unspecified atom stereocenters. The maximum absolute atomic E-state index is 12.8. The second kappa shape index (κ2) is 7.98. The molecular formula is C19H21F3N6O2. The molecule has 0 atom stereocenters. The number of alkyl halides is 3. The molecule has 3 heterocycles. The van der Waals surface area contributed by atoms with Crippen LogP contribution in [0.2, 0.25) is 0 Å². The minimum atomic E-state index is -4.79. The quantitative estimate of drug-likeness (QED) is 0.650. The van der Waals surface area contributed by atoms with Crippen molar-refractivity contribution in [2.75, 3.05) is 24.3 Å². The second-order valence-corrected chi connectivity index (χ2v) is 6.97. The molecule has 0 aliphatic carbocycles. The number of ether oxygens (including phenoxy) is 2. The fourth-order valence-corrected chi connectivity index (χ4v) is 3.38. The number of hydrogen-bond acceptors (Lipinski definition) is 7. The van der Waals surface area contributed by atoms with Gasteiger partial charge in [-0.05, 0) is 30.9 Å². The first-order valence-electron chi connectivity index (χ1n) is 9.57. The number of nitrogen functional groups attached to an aromatic ring is 1. The first kappa shape index (κ1) is 20.2. The van der Waals surface area contributed by atoms with Gasteiger partial charge in [-0.1, -0.05) is 6.92 Å². The number of aromatic nitrogens is 4. The van der Waals surface area contributed by atoms with E-state index >= 15 is 0 Å². The normalized spacial score (nSPS) is 15.5. The van der Waals surface area contributed by atoms with Crippen molar-refractivity contribution < 1.29 is 22.6 Å². The number of nitrogens with two attached hydrogens (primary N) is 1. The third-order valence-corrected chi connectivity index (χ3v) is 4.92. The predicted octanol–water partition coefficient (Wildman–Crippen LogP) is 3.45. The van der Waals surface area contributed by atoms with Crippen molar-refractivity contribution in [2.24, 2.45) is 0 Å². The average molecular weight is 422 g/mol. The van der Waals surface area contributed by atoms with Gasteiger partial charge in [0.05, 0.1) is 22.9 Å². The van der Waals surface area contributed by atoms with E-state index < -0.39 is 6.36 Å². The largest absolute Gasteiger partial charge is 0.573 e. The lowest BCUT2D eigenvalue weighted by atomic mass is 10.1. The third-order valence-electron chi connectivity index (χ3n) is 4.92. The molecule has 1 aliphatic heterocycles. The van der Waals surface area contributed by atoms with Crippen LogP contribution in [0, 0.1) is 0 Å². The number of aryl methyl sites for hydroxylation is 1. The summed E-state index contributed by atoms with van der Waals surface area (Å²) in [6.45, 7) is 3.06. The van der Waals surface area contributed by atoms with E-state index in [1.807, 2.05) is 0 Å². The van der Waals surface area contributed by atoms with Crippen LogP contribution in [-0.2, 0) is 11.2 Å². The van der Waals surface area contributed by atoms with Crippen LogP contribution in [0.25, 0.3) is 17.0 Å². The maximum atomic E-state index is 12.8. The van der Waals surface area contributed by atoms with Crippen LogP contribution >= 0.6 is 0 Å². The highest BCUT2D eigenvalue weighted by atomic mass is 19.4. The number of nitrogens with one attached hydrogen (secondary N) is 1. The number of rotatable bonds is 5. The van der Waals surface area contributed by atoms with Gasteiger partial charge in [-0.2, -0.15) is 4.98 Å². The van der Waals surface area contributed by atoms with Crippen LogP contribution in [-0.4, -0.2) is 45.1 Å². The fourth-order valence-electron chi connectivity index (χ4n) is 3.38. The first-order valence-corrected chi connectivity index (χ1v) is 9.57. The zero-order valence-electron chi connectivity index (χ0n) is 16.2. The Balaban J connectivity index is 1.72. The highest BCUT2D eigenvalue weighted by molar-refractivity contribution is 5.80. The SMILES string of the molecule is CCc1cc2ncn(-c3ncc(N)c(NC4CCOCC4)n3)c2cc1OC(F)(F)F. The van der Waals surface area contributed by atoms with Gasteiger partial charge in [0.1, 0.15) is 12.1 Å². The molecular weight excluding hydrogens is 401 g/mol. The Morgan fingerprint density at radius 1 is 1.27 bits per heavy atom. The summed E-state index contributed by atoms with van der Waals surface area (Å²) in [5.74, 6) is 0.435. The number of fused-ring (bicyclic) bond motifs is 1. The highest BCUT2D eigenvalue weighted by Gasteiger charge is 2.32. The Morgan fingerprint density at radius 2 is 2.03 bits per heavy atom. The van der Waals surface area contributed by atoms with Gasteiger partial charge in [-0.15, -0.1) is 13.2 Å². The summed E-state index contributed by atoms with van der Waals surface area (Å²) in [5, 5.41) is 3.30. The molecule has 1 aromatic carbocycles. The molecule has 3 N–H and O–H groups in total. The Kier molecular flexibility index (Phi) is 5.37. The molecule has 3 aromatic rings. The van der Waals surface area contributed by atoms with E-state index in [2.05, 4.69) is 25.0 Å². The predicted molar refractivity (Wildman–Crippen MR) is 105 cm³/mol. The van der Waals surface area contributed by atoms with E-state index in [0.717, 1.165) is 12.8 Å². The first-order chi connectivity index (χ1) is 14.3. The molecule has 0 radical (unpaired) electrons. The molecule has 8 nitrogen and oxygen atoms in total. The van der Waals surface area contributed by atoms with E-state index in [9.17, 15) is 13.2 Å². The van der Waals surface area contributed by atoms with E-state index in [1.165, 1.54) is 23.2 Å². The zero-order valence-corrected chi connectivity index (χ0v) is 16.2. The molecule has 0 bridgehead atoms. The van der Waals surface area contributed by atoms with Crippen molar-refractivity contribution in [3.63, 3.8) is 0 Å². The third kappa shape index (κ3) is 4.25. The Labute approximate surface area is 170 Å². The topological polar surface area (TPSA) is 100 Å². The summed E-state index contributed by atoms with van der Waals surface area (Å²) < 4.78 is 49.6. The van der Waals surface area contributed by atoms with Crippen molar-refractivity contribution in [1.29, 1.82) is 0 Å². The van der Waals surface area contributed by atoms with Crippen molar-refractivity contribution in [1.82, 2.24) is 19.5 Å². The number of hydrogen-bond donors (Lipinski definition) is 2. The molecule has 2 aromatic heterocycles. The van der Waals surface area contributed by atoms with Gasteiger partial charge in [0.15, 0.2) is 5.82 Å². The van der Waals surface area contributed by atoms with Crippen molar-refractivity contribution >= 4 is 22.5 Å². The van der Waals surface area contributed by atoms with Crippen LogP contribution in [0.1, 0.15) is 25.3 Å². The van der Waals surface area contributed by atoms with Gasteiger partial charge in [0, 0.05) is 25.3 Å². The molecule has 0 amide bonds. The van der Waals surface area contributed by atoms with Gasteiger partial charge in [0.2, 0.25) is 5.95 Å². The lowest BCUT2D eigenvalue weighted by Gasteiger charge is -2.24. The van der Waals surface area contributed by atoms with Crippen LogP contribution in [0.15, 0.2) is 24.7 Å². The lowest BCUT2D eigenvalue weighted by molar-refractivity contribution is -0.274. The number of imidazole rings is 1. The molecule has 30 heavy (non-hydrogen) atoms. The van der Waals surface area contributed by atoms with Gasteiger partial charge < -0.3 is 20.5 Å². The summed E-state index contributed by atoms with van der Waals surface area (Å²) in [4.78, 5) is 13.0. The van der Waals surface area contributed by atoms with E-state index in [1.54, 1.807) is 13.0 Å². The van der Waals surface area contributed by atoms with Crippen LogP contribution in [0.3, 0.4) is 0 Å². The molecule has 1 fully saturated rings. The fraction of sp³-hybridized carbons (Fsp3) is 0.421. The molecule has 1 aliphatic rings. The summed E-state index contributed by atoms with van der Waals surface area (Å²) in [5.41, 5.74) is 7.71. The molecule has 0 saturated carbocycles. The van der Waals surface area contributed by atoms with Crippen LogP contribution in [0.5, 0.6) is 5.75 Å². The van der Waals surface area contributed by atoms with Crippen LogP contribution in [0.4, 0.5) is 24.7 Å². The van der Waals surface area contributed by atoms with E-state index in [4.69, 9.17) is 10.5 Å². The number of nitrogens with zero attached hydrogens (tertiary/aromatic N) is 4. The number of anilines is 2. The molecule has 160 valence electrons. The second-order valence-electron chi connectivity index (χ2n) is 6.97. The lowest BCUT2D eigenvalue weighted by Crippen LogP contribution is -2.28. The van der Waals surface area contributed by atoms with E-state index in [-0.39, 0.29) is 17.7 Å². The van der Waals surface area contributed by atoms with Crippen molar-refractivity contribution in [3.8, 4) is 11.7 Å². The molecule has 11 heteroatoms.